The highest BCUT2D eigenvalue weighted by molar-refractivity contribution is 7.80. The maximum atomic E-state index is 5.82. The molecule has 2 aromatic rings. The number of rotatable bonds is 4. The molecule has 0 saturated heterocycles. The van der Waals surface area contributed by atoms with Crippen molar-refractivity contribution in [2.24, 2.45) is 5.10 Å². The van der Waals surface area contributed by atoms with Crippen LogP contribution in [0.3, 0.4) is 0 Å². The molecule has 0 heterocycles. The monoisotopic (exact) mass is 317 g/mol. The molecule has 1 atom stereocenters. The van der Waals surface area contributed by atoms with E-state index in [0.29, 0.717) is 10.1 Å². The first-order valence-electron chi connectivity index (χ1n) is 6.55. The van der Waals surface area contributed by atoms with E-state index in [1.807, 2.05) is 49.4 Å². The summed E-state index contributed by atoms with van der Waals surface area (Å²) in [6.45, 7) is 2.05. The molecule has 108 valence electrons. The van der Waals surface area contributed by atoms with E-state index in [9.17, 15) is 0 Å². The zero-order valence-corrected chi connectivity index (χ0v) is 13.2. The van der Waals surface area contributed by atoms with Crippen molar-refractivity contribution in [3.63, 3.8) is 0 Å². The van der Waals surface area contributed by atoms with Crippen LogP contribution in [0.4, 0.5) is 0 Å². The number of hydrazone groups is 1. The molecular formula is C16H16ClN3S. The minimum absolute atomic E-state index is 0.122. The Labute approximate surface area is 135 Å². The van der Waals surface area contributed by atoms with Gasteiger partial charge in [0.2, 0.25) is 0 Å². The molecule has 0 aliphatic rings. The van der Waals surface area contributed by atoms with Gasteiger partial charge in [-0.05, 0) is 42.4 Å². The van der Waals surface area contributed by atoms with Crippen LogP contribution in [0, 0.1) is 0 Å². The predicted molar refractivity (Wildman–Crippen MR) is 92.8 cm³/mol. The Morgan fingerprint density at radius 3 is 2.48 bits per heavy atom. The Kier molecular flexibility index (Phi) is 5.72. The zero-order chi connectivity index (χ0) is 15.1. The summed E-state index contributed by atoms with van der Waals surface area (Å²) in [6.07, 6.45) is 1.69. The van der Waals surface area contributed by atoms with E-state index in [1.54, 1.807) is 6.21 Å². The normalized spacial score (nSPS) is 12.1. The van der Waals surface area contributed by atoms with E-state index in [0.717, 1.165) is 5.56 Å². The second-order valence-electron chi connectivity index (χ2n) is 4.53. The van der Waals surface area contributed by atoms with Gasteiger partial charge in [0.1, 0.15) is 0 Å². The molecule has 0 amide bonds. The lowest BCUT2D eigenvalue weighted by molar-refractivity contribution is 0.704. The van der Waals surface area contributed by atoms with Gasteiger partial charge in [0.15, 0.2) is 5.11 Å². The van der Waals surface area contributed by atoms with E-state index in [4.69, 9.17) is 23.8 Å². The van der Waals surface area contributed by atoms with Gasteiger partial charge >= 0.3 is 0 Å². The summed E-state index contributed by atoms with van der Waals surface area (Å²) < 4.78 is 0. The number of benzene rings is 2. The third-order valence-corrected chi connectivity index (χ3v) is 3.36. The van der Waals surface area contributed by atoms with Crippen LogP contribution in [-0.2, 0) is 0 Å². The minimum atomic E-state index is 0.122. The van der Waals surface area contributed by atoms with Crippen molar-refractivity contribution < 1.29 is 0 Å². The molecule has 21 heavy (non-hydrogen) atoms. The molecule has 1 unspecified atom stereocenters. The fourth-order valence-corrected chi connectivity index (χ4v) is 2.12. The van der Waals surface area contributed by atoms with E-state index in [1.165, 1.54) is 5.56 Å². The van der Waals surface area contributed by atoms with Crippen LogP contribution in [0.15, 0.2) is 59.7 Å². The smallest absolute Gasteiger partial charge is 0.187 e. The number of hydrogen-bond donors (Lipinski definition) is 2. The first kappa shape index (κ1) is 15.5. The Bertz CT molecular complexity index is 611. The van der Waals surface area contributed by atoms with Gasteiger partial charge in [0.25, 0.3) is 0 Å². The standard InChI is InChI=1S/C16H16ClN3S/c1-12(14-5-3-2-4-6-14)19-16(21)20-18-11-13-7-9-15(17)10-8-13/h2-12H,1H3,(H2,19,20,21)/b18-11+. The largest absolute Gasteiger partial charge is 0.355 e. The highest BCUT2D eigenvalue weighted by Crippen LogP contribution is 2.10. The number of nitrogens with one attached hydrogen (secondary N) is 2. The summed E-state index contributed by atoms with van der Waals surface area (Å²) >= 11 is 11.0. The SMILES string of the molecule is CC(NC(=S)N/N=C/c1ccc(Cl)cc1)c1ccccc1. The number of hydrogen-bond acceptors (Lipinski definition) is 2. The lowest BCUT2D eigenvalue weighted by Gasteiger charge is -2.15. The Morgan fingerprint density at radius 2 is 1.81 bits per heavy atom. The van der Waals surface area contributed by atoms with Gasteiger partial charge in [-0.2, -0.15) is 5.10 Å². The van der Waals surface area contributed by atoms with Gasteiger partial charge in [0.05, 0.1) is 12.3 Å². The average molecular weight is 318 g/mol. The van der Waals surface area contributed by atoms with E-state index >= 15 is 0 Å². The van der Waals surface area contributed by atoms with Crippen LogP contribution in [0.1, 0.15) is 24.1 Å². The van der Waals surface area contributed by atoms with Gasteiger partial charge in [0, 0.05) is 5.02 Å². The van der Waals surface area contributed by atoms with Crippen LogP contribution in [0.5, 0.6) is 0 Å². The van der Waals surface area contributed by atoms with Gasteiger partial charge < -0.3 is 5.32 Å². The van der Waals surface area contributed by atoms with Crippen molar-refractivity contribution in [1.82, 2.24) is 10.7 Å². The maximum absolute atomic E-state index is 5.82. The Hall–Kier alpha value is -1.91. The van der Waals surface area contributed by atoms with Crippen molar-refractivity contribution in [1.29, 1.82) is 0 Å². The summed E-state index contributed by atoms with van der Waals surface area (Å²) in [5.41, 5.74) is 4.92. The third kappa shape index (κ3) is 5.17. The summed E-state index contributed by atoms with van der Waals surface area (Å²) in [4.78, 5) is 0. The highest BCUT2D eigenvalue weighted by atomic mass is 35.5. The lowest BCUT2D eigenvalue weighted by atomic mass is 10.1. The van der Waals surface area contributed by atoms with Gasteiger partial charge in [-0.25, -0.2) is 0 Å². The van der Waals surface area contributed by atoms with E-state index in [-0.39, 0.29) is 6.04 Å². The quantitative estimate of drug-likeness (QED) is 0.510. The Morgan fingerprint density at radius 1 is 1.14 bits per heavy atom. The molecule has 0 radical (unpaired) electrons. The number of thiocarbonyl (C=S) groups is 1. The second kappa shape index (κ2) is 7.76. The second-order valence-corrected chi connectivity index (χ2v) is 5.37. The van der Waals surface area contributed by atoms with Crippen molar-refractivity contribution >= 4 is 35.1 Å². The molecule has 2 rings (SSSR count). The molecule has 2 aromatic carbocycles. The van der Waals surface area contributed by atoms with Gasteiger partial charge in [-0.3, -0.25) is 5.43 Å². The summed E-state index contributed by atoms with van der Waals surface area (Å²) in [5.74, 6) is 0. The lowest BCUT2D eigenvalue weighted by Crippen LogP contribution is -2.34. The van der Waals surface area contributed by atoms with Crippen LogP contribution in [0.2, 0.25) is 5.02 Å². The van der Waals surface area contributed by atoms with Crippen molar-refractivity contribution in [3.8, 4) is 0 Å². The molecule has 0 spiro atoms. The summed E-state index contributed by atoms with van der Waals surface area (Å²) in [7, 11) is 0. The van der Waals surface area contributed by atoms with Gasteiger partial charge in [-0.1, -0.05) is 54.1 Å². The van der Waals surface area contributed by atoms with Crippen LogP contribution >= 0.6 is 23.8 Å². The Balaban J connectivity index is 1.83. The minimum Gasteiger partial charge on any atom is -0.355 e. The van der Waals surface area contributed by atoms with Crippen LogP contribution in [0.25, 0.3) is 0 Å². The van der Waals surface area contributed by atoms with Crippen LogP contribution < -0.4 is 10.7 Å². The molecule has 0 saturated carbocycles. The van der Waals surface area contributed by atoms with Gasteiger partial charge in [-0.15, -0.1) is 0 Å². The molecule has 0 bridgehead atoms. The maximum Gasteiger partial charge on any atom is 0.187 e. The highest BCUT2D eigenvalue weighted by Gasteiger charge is 2.05. The van der Waals surface area contributed by atoms with E-state index in [2.05, 4.69) is 28.0 Å². The number of halogens is 1. The molecule has 0 aliphatic heterocycles. The molecule has 0 fully saturated rings. The average Bonchev–Trinajstić information content (AvgIpc) is 2.50. The summed E-state index contributed by atoms with van der Waals surface area (Å²) in [5, 5.41) is 8.46. The first-order valence-corrected chi connectivity index (χ1v) is 7.34. The molecule has 0 aliphatic carbocycles. The van der Waals surface area contributed by atoms with Crippen molar-refractivity contribution in [3.05, 3.63) is 70.7 Å². The van der Waals surface area contributed by atoms with Crippen LogP contribution in [-0.4, -0.2) is 11.3 Å². The molecule has 2 N–H and O–H groups in total. The topological polar surface area (TPSA) is 36.4 Å². The molecule has 3 nitrogen and oxygen atoms in total. The zero-order valence-electron chi connectivity index (χ0n) is 11.6. The third-order valence-electron chi connectivity index (χ3n) is 2.90. The first-order chi connectivity index (χ1) is 10.1. The fraction of sp³-hybridized carbons (Fsp3) is 0.125. The summed E-state index contributed by atoms with van der Waals surface area (Å²) in [6, 6.07) is 17.6. The van der Waals surface area contributed by atoms with Crippen molar-refractivity contribution in [2.45, 2.75) is 13.0 Å². The van der Waals surface area contributed by atoms with E-state index < -0.39 is 0 Å². The van der Waals surface area contributed by atoms with Crippen molar-refractivity contribution in [2.75, 3.05) is 0 Å². The molecular weight excluding hydrogens is 302 g/mol. The molecule has 0 aromatic heterocycles. The number of nitrogens with zero attached hydrogens (tertiary/aromatic N) is 1. The predicted octanol–water partition coefficient (Wildman–Crippen LogP) is 3.90. The molecule has 5 heteroatoms. The fourth-order valence-electron chi connectivity index (χ4n) is 1.77.